The Morgan fingerprint density at radius 1 is 1.38 bits per heavy atom. The molecule has 1 heterocycles. The van der Waals surface area contributed by atoms with Crippen LogP contribution in [0.3, 0.4) is 0 Å². The lowest BCUT2D eigenvalue weighted by atomic mass is 10.3. The van der Waals surface area contributed by atoms with E-state index in [1.165, 1.54) is 0 Å². The number of halogens is 1. The molecule has 0 aliphatic carbocycles. The molecule has 16 heavy (non-hydrogen) atoms. The fourth-order valence-electron chi connectivity index (χ4n) is 1.40. The summed E-state index contributed by atoms with van der Waals surface area (Å²) in [5.41, 5.74) is 0.792. The van der Waals surface area contributed by atoms with Crippen LogP contribution in [-0.4, -0.2) is 36.5 Å². The van der Waals surface area contributed by atoms with Gasteiger partial charge >= 0.3 is 0 Å². The number of alkyl halides is 1. The number of rotatable bonds is 6. The Labute approximate surface area is 102 Å². The van der Waals surface area contributed by atoms with Crippen molar-refractivity contribution >= 4 is 17.4 Å². The van der Waals surface area contributed by atoms with Gasteiger partial charge in [0.05, 0.1) is 18.2 Å². The van der Waals surface area contributed by atoms with Crippen LogP contribution >= 0.6 is 11.6 Å². The molecule has 0 amide bonds. The average molecular weight is 244 g/mol. The Morgan fingerprint density at radius 3 is 2.56 bits per heavy atom. The largest absolute Gasteiger partial charge is 0.383 e. The summed E-state index contributed by atoms with van der Waals surface area (Å²) in [6.45, 7) is 5.72. The van der Waals surface area contributed by atoms with Crippen LogP contribution in [0, 0.1) is 0 Å². The summed E-state index contributed by atoms with van der Waals surface area (Å²) in [6, 6.07) is 4.21. The van der Waals surface area contributed by atoms with Crippen molar-refractivity contribution < 1.29 is 4.74 Å². The van der Waals surface area contributed by atoms with E-state index in [1.54, 1.807) is 7.11 Å². The molecule has 5 heteroatoms. The van der Waals surface area contributed by atoms with Crippen molar-refractivity contribution in [1.29, 1.82) is 0 Å². The predicted molar refractivity (Wildman–Crippen MR) is 65.9 cm³/mol. The van der Waals surface area contributed by atoms with E-state index in [9.17, 15) is 0 Å². The van der Waals surface area contributed by atoms with Gasteiger partial charge in [-0.3, -0.25) is 0 Å². The Bertz CT molecular complexity index is 303. The van der Waals surface area contributed by atoms with Crippen LogP contribution in [0.5, 0.6) is 0 Å². The lowest BCUT2D eigenvalue weighted by Gasteiger charge is -2.26. The first kappa shape index (κ1) is 13.2. The second-order valence-corrected chi connectivity index (χ2v) is 4.06. The third-order valence-corrected chi connectivity index (χ3v) is 2.57. The van der Waals surface area contributed by atoms with Crippen molar-refractivity contribution in [2.24, 2.45) is 0 Å². The minimum absolute atomic E-state index is 0.367. The van der Waals surface area contributed by atoms with Gasteiger partial charge in [-0.2, -0.15) is 5.10 Å². The highest BCUT2D eigenvalue weighted by atomic mass is 35.5. The Balaban J connectivity index is 2.75. The molecule has 4 nitrogen and oxygen atoms in total. The summed E-state index contributed by atoms with van der Waals surface area (Å²) >= 11 is 5.67. The molecule has 0 saturated carbocycles. The van der Waals surface area contributed by atoms with Crippen molar-refractivity contribution in [3.05, 3.63) is 17.8 Å². The fraction of sp³-hybridized carbons (Fsp3) is 0.636. The van der Waals surface area contributed by atoms with Crippen LogP contribution in [0.2, 0.25) is 0 Å². The van der Waals surface area contributed by atoms with Crippen LogP contribution in [0.1, 0.15) is 19.5 Å². The first-order chi connectivity index (χ1) is 7.69. The van der Waals surface area contributed by atoms with Crippen molar-refractivity contribution in [2.75, 3.05) is 25.2 Å². The first-order valence-corrected chi connectivity index (χ1v) is 5.86. The quantitative estimate of drug-likeness (QED) is 0.717. The van der Waals surface area contributed by atoms with Crippen molar-refractivity contribution in [2.45, 2.75) is 25.8 Å². The Kier molecular flexibility index (Phi) is 5.49. The van der Waals surface area contributed by atoms with Gasteiger partial charge in [-0.25, -0.2) is 0 Å². The second-order valence-electron chi connectivity index (χ2n) is 3.80. The van der Waals surface area contributed by atoms with Gasteiger partial charge in [0.15, 0.2) is 5.82 Å². The second kappa shape index (κ2) is 6.66. The van der Waals surface area contributed by atoms with E-state index in [2.05, 4.69) is 28.9 Å². The zero-order valence-corrected chi connectivity index (χ0v) is 10.7. The van der Waals surface area contributed by atoms with Gasteiger partial charge in [0.1, 0.15) is 0 Å². The van der Waals surface area contributed by atoms with Gasteiger partial charge in [-0.1, -0.05) is 0 Å². The monoisotopic (exact) mass is 243 g/mol. The molecular formula is C11H18ClN3O. The van der Waals surface area contributed by atoms with Gasteiger partial charge in [-0.05, 0) is 26.0 Å². The molecule has 0 N–H and O–H groups in total. The lowest BCUT2D eigenvalue weighted by Crippen LogP contribution is -2.34. The normalized spacial score (nSPS) is 10.8. The van der Waals surface area contributed by atoms with E-state index in [-0.39, 0.29) is 0 Å². The number of hydrogen-bond acceptors (Lipinski definition) is 4. The van der Waals surface area contributed by atoms with E-state index in [0.717, 1.165) is 18.1 Å². The maximum absolute atomic E-state index is 5.67. The molecule has 0 bridgehead atoms. The molecule has 0 unspecified atom stereocenters. The minimum atomic E-state index is 0.367. The van der Waals surface area contributed by atoms with Crippen LogP contribution in [0.15, 0.2) is 12.1 Å². The minimum Gasteiger partial charge on any atom is -0.383 e. The van der Waals surface area contributed by atoms with E-state index < -0.39 is 0 Å². The van der Waals surface area contributed by atoms with Crippen LogP contribution in [-0.2, 0) is 10.6 Å². The van der Waals surface area contributed by atoms with Crippen LogP contribution in [0.4, 0.5) is 5.82 Å². The number of ether oxygens (including phenoxy) is 1. The molecule has 0 aromatic carbocycles. The molecule has 90 valence electrons. The van der Waals surface area contributed by atoms with Gasteiger partial charge < -0.3 is 9.64 Å². The molecule has 0 aliphatic heterocycles. The average Bonchev–Trinajstić information content (AvgIpc) is 2.30. The maximum Gasteiger partial charge on any atom is 0.151 e. The molecule has 0 atom stereocenters. The Hall–Kier alpha value is -0.870. The number of nitrogens with zero attached hydrogens (tertiary/aromatic N) is 3. The van der Waals surface area contributed by atoms with Crippen molar-refractivity contribution in [1.82, 2.24) is 10.2 Å². The van der Waals surface area contributed by atoms with E-state index >= 15 is 0 Å². The highest BCUT2D eigenvalue weighted by Gasteiger charge is 2.11. The molecule has 0 aliphatic rings. The van der Waals surface area contributed by atoms with Gasteiger partial charge in [0.2, 0.25) is 0 Å². The molecular weight excluding hydrogens is 226 g/mol. The summed E-state index contributed by atoms with van der Waals surface area (Å²) in [4.78, 5) is 2.15. The number of hydrogen-bond donors (Lipinski definition) is 0. The highest BCUT2D eigenvalue weighted by Crippen LogP contribution is 2.13. The van der Waals surface area contributed by atoms with Gasteiger partial charge in [0.25, 0.3) is 0 Å². The molecule has 0 saturated heterocycles. The summed E-state index contributed by atoms with van der Waals surface area (Å²) in [5.74, 6) is 1.26. The molecule has 0 spiro atoms. The molecule has 1 rings (SSSR count). The number of anilines is 1. The zero-order valence-electron chi connectivity index (χ0n) is 9.98. The summed E-state index contributed by atoms with van der Waals surface area (Å²) in [5, 5.41) is 8.20. The maximum atomic E-state index is 5.67. The summed E-state index contributed by atoms with van der Waals surface area (Å²) in [6.07, 6.45) is 0. The third kappa shape index (κ3) is 3.61. The van der Waals surface area contributed by atoms with E-state index in [4.69, 9.17) is 16.3 Å². The van der Waals surface area contributed by atoms with E-state index in [0.29, 0.717) is 18.5 Å². The van der Waals surface area contributed by atoms with E-state index in [1.807, 2.05) is 12.1 Å². The number of aromatic nitrogens is 2. The van der Waals surface area contributed by atoms with Crippen LogP contribution < -0.4 is 4.90 Å². The van der Waals surface area contributed by atoms with Crippen LogP contribution in [0.25, 0.3) is 0 Å². The molecule has 1 aromatic heterocycles. The highest BCUT2D eigenvalue weighted by molar-refractivity contribution is 6.16. The smallest absolute Gasteiger partial charge is 0.151 e. The summed E-state index contributed by atoms with van der Waals surface area (Å²) < 4.78 is 5.08. The fourth-order valence-corrected chi connectivity index (χ4v) is 1.55. The van der Waals surface area contributed by atoms with Crippen molar-refractivity contribution in [3.63, 3.8) is 0 Å². The molecule has 1 aromatic rings. The Morgan fingerprint density at radius 2 is 2.12 bits per heavy atom. The SMILES string of the molecule is COCCN(c1ccc(CCl)nn1)C(C)C. The summed E-state index contributed by atoms with van der Waals surface area (Å²) in [7, 11) is 1.70. The number of methoxy groups -OCH3 is 1. The van der Waals surface area contributed by atoms with Gasteiger partial charge in [-0.15, -0.1) is 16.7 Å². The van der Waals surface area contributed by atoms with Gasteiger partial charge in [0, 0.05) is 19.7 Å². The third-order valence-electron chi connectivity index (χ3n) is 2.30. The first-order valence-electron chi connectivity index (χ1n) is 5.33. The molecule has 0 fully saturated rings. The zero-order chi connectivity index (χ0) is 12.0. The topological polar surface area (TPSA) is 38.2 Å². The molecule has 0 radical (unpaired) electrons. The van der Waals surface area contributed by atoms with Crippen molar-refractivity contribution in [3.8, 4) is 0 Å². The lowest BCUT2D eigenvalue weighted by molar-refractivity contribution is 0.203. The predicted octanol–water partition coefficient (Wildman–Crippen LogP) is 2.08. The standard InChI is InChI=1S/C11H18ClN3O/c1-9(2)15(6-7-16-3)11-5-4-10(8-12)13-14-11/h4-5,9H,6-8H2,1-3H3.